The number of nitrogens with one attached hydrogen (secondary N) is 2. The maximum atomic E-state index is 5.64. The molecule has 102 valence electrons. The molecule has 1 aliphatic heterocycles. The lowest BCUT2D eigenvalue weighted by atomic mass is 10.3. The maximum Gasteiger partial charge on any atom is 0.148 e. The van der Waals surface area contributed by atoms with Crippen molar-refractivity contribution in [3.63, 3.8) is 0 Å². The number of alkyl halides is 2. The molecule has 1 fully saturated rings. The van der Waals surface area contributed by atoms with E-state index >= 15 is 0 Å². The Hall–Kier alpha value is 0.570. The highest BCUT2D eigenvalue weighted by Crippen LogP contribution is 2.38. The number of hydrogen-bond donors (Lipinski definition) is 2. The normalized spacial score (nSPS) is 19.5. The van der Waals surface area contributed by atoms with Crippen molar-refractivity contribution < 1.29 is 9.57 Å². The van der Waals surface area contributed by atoms with Gasteiger partial charge in [0.1, 0.15) is 11.5 Å². The van der Waals surface area contributed by atoms with Crippen LogP contribution in [0.15, 0.2) is 24.3 Å². The molecule has 5 nitrogen and oxygen atoms in total. The molecule has 1 saturated heterocycles. The molecule has 1 heterocycles. The molecule has 2 rings (SSSR count). The Balaban J connectivity index is 0.000000492. The molecule has 0 radical (unpaired) electrons. The van der Waals surface area contributed by atoms with Crippen molar-refractivity contribution in [3.8, 4) is 11.5 Å². The lowest BCUT2D eigenvalue weighted by Crippen LogP contribution is -2.19. The van der Waals surface area contributed by atoms with E-state index in [4.69, 9.17) is 32.8 Å². The molecule has 2 atom stereocenters. The fourth-order valence-corrected chi connectivity index (χ4v) is 4.61. The Morgan fingerprint density at radius 1 is 1.11 bits per heavy atom. The van der Waals surface area contributed by atoms with Crippen molar-refractivity contribution in [2.75, 3.05) is 12.4 Å². The van der Waals surface area contributed by atoms with E-state index in [0.29, 0.717) is 26.6 Å². The molecule has 18 heavy (non-hydrogen) atoms. The monoisotopic (exact) mass is 347 g/mol. The lowest BCUT2D eigenvalue weighted by Gasteiger charge is -2.26. The number of rotatable bonds is 3. The number of hydrogen-bond acceptors (Lipinski definition) is 5. The number of halogens is 2. The van der Waals surface area contributed by atoms with E-state index in [9.17, 15) is 0 Å². The molecule has 0 amide bonds. The van der Waals surface area contributed by atoms with Gasteiger partial charge < -0.3 is 9.57 Å². The Bertz CT molecular complexity index is 328. The number of nitrogens with zero attached hydrogens (tertiary/aromatic N) is 1. The van der Waals surface area contributed by atoms with E-state index in [1.165, 1.54) is 0 Å². The van der Waals surface area contributed by atoms with Gasteiger partial charge in [-0.15, -0.1) is 23.2 Å². The highest BCUT2D eigenvalue weighted by atomic mass is 35.5. The van der Waals surface area contributed by atoms with Crippen LogP contribution in [0.5, 0.6) is 11.5 Å². The molecule has 0 bridgehead atoms. The average molecular weight is 348 g/mol. The fraction of sp³-hybridized carbons (Fsp3) is 0.250. The molecule has 2 unspecified atom stereocenters. The van der Waals surface area contributed by atoms with Gasteiger partial charge in [-0.05, 0) is 24.3 Å². The second-order valence-corrected chi connectivity index (χ2v) is 7.53. The van der Waals surface area contributed by atoms with Gasteiger partial charge in [0.15, 0.2) is 0 Å². The molecule has 10 heteroatoms. The summed E-state index contributed by atoms with van der Waals surface area (Å²) in [7, 11) is 3.30. The van der Waals surface area contributed by atoms with Gasteiger partial charge in [-0.1, -0.05) is 4.60 Å². The quantitative estimate of drug-likeness (QED) is 0.648. The number of methoxy groups -OCH3 is 1. The highest BCUT2D eigenvalue weighted by molar-refractivity contribution is 7.65. The third kappa shape index (κ3) is 6.65. The summed E-state index contributed by atoms with van der Waals surface area (Å²) in [6.45, 7) is 0. The first-order valence-corrected chi connectivity index (χ1v) is 8.77. The maximum absolute atomic E-state index is 5.64. The summed E-state index contributed by atoms with van der Waals surface area (Å²) in [5, 5.41) is 0.194. The minimum absolute atomic E-state index is 0.194. The van der Waals surface area contributed by atoms with Crippen LogP contribution in [0.3, 0.4) is 0 Å². The van der Waals surface area contributed by atoms with Crippen molar-refractivity contribution in [1.82, 2.24) is 14.3 Å². The number of benzene rings is 1. The summed E-state index contributed by atoms with van der Waals surface area (Å²) in [6, 6.07) is 7.55. The van der Waals surface area contributed by atoms with Gasteiger partial charge >= 0.3 is 0 Å². The van der Waals surface area contributed by atoms with Gasteiger partial charge in [0.05, 0.1) is 30.2 Å². The Morgan fingerprint density at radius 2 is 1.61 bits per heavy atom. The van der Waals surface area contributed by atoms with Crippen LogP contribution in [-0.4, -0.2) is 17.1 Å². The van der Waals surface area contributed by atoms with Crippen molar-refractivity contribution in [3.05, 3.63) is 24.3 Å². The van der Waals surface area contributed by atoms with Crippen LogP contribution in [0.1, 0.15) is 0 Å². The third-order valence-electron chi connectivity index (χ3n) is 1.70. The van der Waals surface area contributed by atoms with E-state index in [-0.39, 0.29) is 5.34 Å². The minimum atomic E-state index is 0.194. The second-order valence-electron chi connectivity index (χ2n) is 2.76. The van der Waals surface area contributed by atoms with Crippen LogP contribution in [0, 0.1) is 0 Å². The molecule has 0 saturated carbocycles. The van der Waals surface area contributed by atoms with Crippen LogP contribution in [-0.2, 0) is 0 Å². The zero-order valence-corrected chi connectivity index (χ0v) is 14.0. The van der Waals surface area contributed by atoms with Gasteiger partial charge in [0.25, 0.3) is 0 Å². The molecular formula is C8H14Cl2N3O2P3. The van der Waals surface area contributed by atoms with Crippen molar-refractivity contribution >= 4 is 49.8 Å². The van der Waals surface area contributed by atoms with Crippen molar-refractivity contribution in [2.24, 2.45) is 0 Å². The first-order chi connectivity index (χ1) is 8.80. The summed E-state index contributed by atoms with van der Waals surface area (Å²) >= 11 is 9.53. The first kappa shape index (κ1) is 16.6. The number of ether oxygens (including phenoxy) is 1. The lowest BCUT2D eigenvalue weighted by molar-refractivity contribution is 0.146. The fourth-order valence-electron chi connectivity index (χ4n) is 1.00. The van der Waals surface area contributed by atoms with Crippen LogP contribution in [0.25, 0.3) is 0 Å². The van der Waals surface area contributed by atoms with E-state index in [1.54, 1.807) is 7.11 Å². The SMILES string of the molecule is COc1ccc(ON2PNPNP2)cc1.ClCCl. The molecule has 1 aliphatic rings. The molecule has 1 aromatic carbocycles. The average Bonchev–Trinajstić information content (AvgIpc) is 2.42. The van der Waals surface area contributed by atoms with Crippen LogP contribution in [0.2, 0.25) is 0 Å². The summed E-state index contributed by atoms with van der Waals surface area (Å²) in [6.07, 6.45) is 0. The van der Waals surface area contributed by atoms with Crippen molar-refractivity contribution in [2.45, 2.75) is 0 Å². The molecule has 0 aliphatic carbocycles. The van der Waals surface area contributed by atoms with Crippen LogP contribution < -0.4 is 19.3 Å². The summed E-state index contributed by atoms with van der Waals surface area (Å²) in [4.78, 5) is 12.0. The van der Waals surface area contributed by atoms with E-state index < -0.39 is 0 Å². The van der Waals surface area contributed by atoms with Crippen molar-refractivity contribution in [1.29, 1.82) is 0 Å². The van der Waals surface area contributed by atoms with Gasteiger partial charge in [0.2, 0.25) is 0 Å². The van der Waals surface area contributed by atoms with E-state index in [2.05, 4.69) is 9.72 Å². The van der Waals surface area contributed by atoms with Gasteiger partial charge in [-0.2, -0.15) is 0 Å². The smallest absolute Gasteiger partial charge is 0.148 e. The summed E-state index contributed by atoms with van der Waals surface area (Å²) < 4.78 is 6.94. The third-order valence-corrected chi connectivity index (χ3v) is 4.85. The highest BCUT2D eigenvalue weighted by Gasteiger charge is 2.10. The Morgan fingerprint density at radius 3 is 2.11 bits per heavy atom. The summed E-state index contributed by atoms with van der Waals surface area (Å²) in [5.74, 6) is 1.66. The Kier molecular flexibility index (Phi) is 9.58. The van der Waals surface area contributed by atoms with E-state index in [1.807, 2.05) is 28.9 Å². The largest absolute Gasteiger partial charge is 0.497 e. The Labute approximate surface area is 122 Å². The molecular weight excluding hydrogens is 334 g/mol. The predicted molar refractivity (Wildman–Crippen MR) is 83.3 cm³/mol. The topological polar surface area (TPSA) is 45.8 Å². The molecule has 0 spiro atoms. The van der Waals surface area contributed by atoms with Gasteiger partial charge in [-0.25, -0.2) is 0 Å². The molecule has 0 aromatic heterocycles. The van der Waals surface area contributed by atoms with Gasteiger partial charge in [-0.3, -0.25) is 9.72 Å². The standard InChI is InChI=1S/C7H12N3O2P3.CH2Cl2/c1-11-6-2-4-7(5-3-6)12-10-14-8-13-9-15-10;2-1-3/h2-5,8-9,13-15H,1H3;1H2. The predicted octanol–water partition coefficient (Wildman–Crippen LogP) is 3.43. The zero-order chi connectivity index (χ0) is 13.2. The zero-order valence-electron chi connectivity index (χ0n) is 9.54. The first-order valence-electron chi connectivity index (χ1n) is 4.80. The minimum Gasteiger partial charge on any atom is -0.497 e. The summed E-state index contributed by atoms with van der Waals surface area (Å²) in [5.41, 5.74) is 0. The van der Waals surface area contributed by atoms with Crippen LogP contribution >= 0.6 is 49.8 Å². The van der Waals surface area contributed by atoms with E-state index in [0.717, 1.165) is 11.5 Å². The second kappa shape index (κ2) is 10.4. The van der Waals surface area contributed by atoms with Gasteiger partial charge in [0, 0.05) is 8.88 Å². The molecule has 1 aromatic rings. The van der Waals surface area contributed by atoms with Crippen LogP contribution in [0.4, 0.5) is 0 Å². The molecule has 2 N–H and O–H groups in total.